The number of aliphatic imine (C=N–C) groups is 1. The number of nitriles is 2. The molecule has 1 aromatic rings. The lowest BCUT2D eigenvalue weighted by Gasteiger charge is -2.09. The molecule has 0 saturated heterocycles. The molecule has 0 unspecified atom stereocenters. The molecular formula is C12H12N4S. The van der Waals surface area contributed by atoms with E-state index in [0.717, 1.165) is 24.8 Å². The Labute approximate surface area is 104 Å². The standard InChI is InChI=1S/C12H12N4S/c13-6-5-11(15)16-12-9(7-14)8-3-1-2-4-10(8)17-12/h1-5H2,(H2,15,16). The van der Waals surface area contributed by atoms with Gasteiger partial charge in [-0.2, -0.15) is 10.5 Å². The fourth-order valence-corrected chi connectivity index (χ4v) is 3.24. The second-order valence-corrected chi connectivity index (χ2v) is 5.02. The lowest BCUT2D eigenvalue weighted by Crippen LogP contribution is -2.09. The predicted octanol–water partition coefficient (Wildman–Crippen LogP) is 2.40. The van der Waals surface area contributed by atoms with E-state index in [0.29, 0.717) is 10.6 Å². The van der Waals surface area contributed by atoms with Crippen LogP contribution in [0, 0.1) is 22.7 Å². The molecule has 0 amide bonds. The maximum absolute atomic E-state index is 9.19. The van der Waals surface area contributed by atoms with Crippen molar-refractivity contribution in [2.24, 2.45) is 10.7 Å². The second-order valence-electron chi connectivity index (χ2n) is 3.94. The minimum absolute atomic E-state index is 0.105. The fourth-order valence-electron chi connectivity index (χ4n) is 2.00. The van der Waals surface area contributed by atoms with E-state index in [2.05, 4.69) is 11.1 Å². The van der Waals surface area contributed by atoms with Crippen molar-refractivity contribution in [2.75, 3.05) is 0 Å². The predicted molar refractivity (Wildman–Crippen MR) is 67.2 cm³/mol. The highest BCUT2D eigenvalue weighted by Gasteiger charge is 2.20. The van der Waals surface area contributed by atoms with E-state index < -0.39 is 0 Å². The zero-order valence-electron chi connectivity index (χ0n) is 9.36. The van der Waals surface area contributed by atoms with Crippen molar-refractivity contribution in [1.29, 1.82) is 10.5 Å². The molecule has 0 aliphatic heterocycles. The summed E-state index contributed by atoms with van der Waals surface area (Å²) in [5.74, 6) is 0.280. The zero-order valence-corrected chi connectivity index (χ0v) is 10.2. The van der Waals surface area contributed by atoms with E-state index in [1.165, 1.54) is 11.3 Å². The number of aryl methyl sites for hydroxylation is 1. The van der Waals surface area contributed by atoms with Crippen LogP contribution in [0.4, 0.5) is 5.00 Å². The first kappa shape index (κ1) is 11.6. The first-order valence-corrected chi connectivity index (χ1v) is 6.32. The summed E-state index contributed by atoms with van der Waals surface area (Å²) < 4.78 is 0. The Kier molecular flexibility index (Phi) is 3.41. The average Bonchev–Trinajstić information content (AvgIpc) is 2.66. The van der Waals surface area contributed by atoms with Gasteiger partial charge < -0.3 is 5.73 Å². The molecule has 1 aliphatic carbocycles. The van der Waals surface area contributed by atoms with E-state index in [1.807, 2.05) is 6.07 Å². The molecule has 17 heavy (non-hydrogen) atoms. The number of nitrogens with zero attached hydrogens (tertiary/aromatic N) is 3. The number of rotatable bonds is 2. The number of hydrogen-bond donors (Lipinski definition) is 1. The molecule has 0 radical (unpaired) electrons. The summed E-state index contributed by atoms with van der Waals surface area (Å²) in [4.78, 5) is 5.45. The van der Waals surface area contributed by atoms with Gasteiger partial charge in [0.15, 0.2) is 0 Å². The van der Waals surface area contributed by atoms with Crippen LogP contribution >= 0.6 is 11.3 Å². The molecule has 86 valence electrons. The van der Waals surface area contributed by atoms with Crippen LogP contribution in [0.2, 0.25) is 0 Å². The summed E-state index contributed by atoms with van der Waals surface area (Å²) in [5, 5.41) is 18.4. The van der Waals surface area contributed by atoms with Crippen LogP contribution in [0.25, 0.3) is 0 Å². The molecule has 1 aromatic heterocycles. The fraction of sp³-hybridized carbons (Fsp3) is 0.417. The van der Waals surface area contributed by atoms with Gasteiger partial charge in [0.05, 0.1) is 18.1 Å². The molecular weight excluding hydrogens is 232 g/mol. The van der Waals surface area contributed by atoms with Crippen molar-refractivity contribution in [1.82, 2.24) is 0 Å². The summed E-state index contributed by atoms with van der Waals surface area (Å²) in [6, 6.07) is 4.17. The van der Waals surface area contributed by atoms with Crippen LogP contribution in [0.15, 0.2) is 4.99 Å². The molecule has 2 N–H and O–H groups in total. The van der Waals surface area contributed by atoms with Crippen LogP contribution in [0.5, 0.6) is 0 Å². The zero-order chi connectivity index (χ0) is 12.3. The quantitative estimate of drug-likeness (QED) is 0.640. The number of nitrogens with two attached hydrogens (primary N) is 1. The monoisotopic (exact) mass is 244 g/mol. The Bertz CT molecular complexity index is 542. The van der Waals surface area contributed by atoms with Crippen molar-refractivity contribution >= 4 is 22.2 Å². The van der Waals surface area contributed by atoms with Crippen LogP contribution in [0.1, 0.15) is 35.3 Å². The Morgan fingerprint density at radius 3 is 2.82 bits per heavy atom. The maximum atomic E-state index is 9.19. The van der Waals surface area contributed by atoms with Crippen molar-refractivity contribution in [3.05, 3.63) is 16.0 Å². The Balaban J connectivity index is 2.42. The van der Waals surface area contributed by atoms with Gasteiger partial charge in [-0.3, -0.25) is 0 Å². The van der Waals surface area contributed by atoms with Gasteiger partial charge in [0.1, 0.15) is 16.9 Å². The van der Waals surface area contributed by atoms with Crippen molar-refractivity contribution in [2.45, 2.75) is 32.1 Å². The van der Waals surface area contributed by atoms with E-state index in [1.54, 1.807) is 11.3 Å². The van der Waals surface area contributed by atoms with E-state index in [4.69, 9.17) is 11.0 Å². The van der Waals surface area contributed by atoms with Crippen LogP contribution in [0.3, 0.4) is 0 Å². The normalized spacial score (nSPS) is 14.8. The van der Waals surface area contributed by atoms with Gasteiger partial charge in [0, 0.05) is 4.88 Å². The molecule has 5 heteroatoms. The number of fused-ring (bicyclic) bond motifs is 1. The van der Waals surface area contributed by atoms with Gasteiger partial charge in [-0.1, -0.05) is 0 Å². The van der Waals surface area contributed by atoms with Gasteiger partial charge >= 0.3 is 0 Å². The van der Waals surface area contributed by atoms with Gasteiger partial charge in [0.2, 0.25) is 0 Å². The Morgan fingerprint density at radius 1 is 1.35 bits per heavy atom. The molecule has 0 spiro atoms. The minimum atomic E-state index is 0.105. The molecule has 0 fully saturated rings. The number of hydrogen-bond acceptors (Lipinski definition) is 4. The highest BCUT2D eigenvalue weighted by atomic mass is 32.1. The third-order valence-electron chi connectivity index (χ3n) is 2.77. The van der Waals surface area contributed by atoms with E-state index in [9.17, 15) is 5.26 Å². The van der Waals surface area contributed by atoms with Crippen LogP contribution in [-0.2, 0) is 12.8 Å². The molecule has 0 saturated carbocycles. The number of amidine groups is 1. The molecule has 0 atom stereocenters. The highest BCUT2D eigenvalue weighted by molar-refractivity contribution is 7.16. The summed E-state index contributed by atoms with van der Waals surface area (Å²) >= 11 is 1.54. The molecule has 1 heterocycles. The summed E-state index contributed by atoms with van der Waals surface area (Å²) in [5.41, 5.74) is 7.43. The van der Waals surface area contributed by atoms with Crippen molar-refractivity contribution in [3.63, 3.8) is 0 Å². The van der Waals surface area contributed by atoms with E-state index >= 15 is 0 Å². The van der Waals surface area contributed by atoms with Gasteiger partial charge in [-0.05, 0) is 31.2 Å². The van der Waals surface area contributed by atoms with E-state index in [-0.39, 0.29) is 12.3 Å². The Morgan fingerprint density at radius 2 is 2.12 bits per heavy atom. The topological polar surface area (TPSA) is 86.0 Å². The first-order valence-electron chi connectivity index (χ1n) is 5.51. The highest BCUT2D eigenvalue weighted by Crippen LogP contribution is 2.39. The minimum Gasteiger partial charge on any atom is -0.386 e. The van der Waals surface area contributed by atoms with Gasteiger partial charge in [-0.15, -0.1) is 11.3 Å². The third-order valence-corrected chi connectivity index (χ3v) is 3.96. The largest absolute Gasteiger partial charge is 0.386 e. The van der Waals surface area contributed by atoms with Crippen LogP contribution in [-0.4, -0.2) is 5.84 Å². The van der Waals surface area contributed by atoms with Crippen molar-refractivity contribution < 1.29 is 0 Å². The lowest BCUT2D eigenvalue weighted by atomic mass is 9.96. The Hall–Kier alpha value is -1.85. The van der Waals surface area contributed by atoms with Gasteiger partial charge in [-0.25, -0.2) is 4.99 Å². The maximum Gasteiger partial charge on any atom is 0.136 e. The summed E-state index contributed by atoms with van der Waals surface area (Å²) in [6.45, 7) is 0. The van der Waals surface area contributed by atoms with Gasteiger partial charge in [0.25, 0.3) is 0 Å². The van der Waals surface area contributed by atoms with Crippen molar-refractivity contribution in [3.8, 4) is 12.1 Å². The summed E-state index contributed by atoms with van der Waals surface area (Å²) in [7, 11) is 0. The molecule has 4 nitrogen and oxygen atoms in total. The summed E-state index contributed by atoms with van der Waals surface area (Å²) in [6.07, 6.45) is 4.41. The number of thiophene rings is 1. The lowest BCUT2D eigenvalue weighted by molar-refractivity contribution is 0.696. The molecule has 2 rings (SSSR count). The third kappa shape index (κ3) is 2.30. The molecule has 0 bridgehead atoms. The molecule has 1 aliphatic rings. The SMILES string of the molecule is N#CC/C(N)=N\c1sc2c(c1C#N)CCCC2. The smallest absolute Gasteiger partial charge is 0.136 e. The first-order chi connectivity index (χ1) is 8.26. The van der Waals surface area contributed by atoms with Crippen LogP contribution < -0.4 is 5.73 Å². The average molecular weight is 244 g/mol. The second kappa shape index (κ2) is 4.99. The molecule has 0 aromatic carbocycles.